The van der Waals surface area contributed by atoms with Crippen LogP contribution in [0.15, 0.2) is 36.8 Å². The van der Waals surface area contributed by atoms with Crippen LogP contribution in [0.5, 0.6) is 5.75 Å². The zero-order valence-corrected chi connectivity index (χ0v) is 11.8. The molecule has 2 aromatic rings. The van der Waals surface area contributed by atoms with Crippen LogP contribution in [0.2, 0.25) is 0 Å². The molecule has 0 unspecified atom stereocenters. The van der Waals surface area contributed by atoms with Gasteiger partial charge in [0.1, 0.15) is 12.1 Å². The third-order valence-electron chi connectivity index (χ3n) is 2.97. The van der Waals surface area contributed by atoms with E-state index in [4.69, 9.17) is 4.74 Å². The van der Waals surface area contributed by atoms with Gasteiger partial charge in [-0.05, 0) is 55.7 Å². The minimum Gasteiger partial charge on any atom is -0.423 e. The van der Waals surface area contributed by atoms with E-state index in [-0.39, 0.29) is 0 Å². The number of esters is 1. The first kappa shape index (κ1) is 13.9. The largest absolute Gasteiger partial charge is 0.423 e. The summed E-state index contributed by atoms with van der Waals surface area (Å²) in [5.74, 6) is 0.177. The fourth-order valence-electron chi connectivity index (χ4n) is 1.80. The van der Waals surface area contributed by atoms with Gasteiger partial charge in [0.25, 0.3) is 0 Å². The van der Waals surface area contributed by atoms with Crippen LogP contribution in [0.4, 0.5) is 0 Å². The van der Waals surface area contributed by atoms with Gasteiger partial charge in [0.05, 0.1) is 5.69 Å². The van der Waals surface area contributed by atoms with E-state index in [1.54, 1.807) is 18.3 Å². The summed E-state index contributed by atoms with van der Waals surface area (Å²) in [6.07, 6.45) is 6.01. The number of hydrogen-bond donors (Lipinski definition) is 0. The standard InChI is InChI=1S/C16H16N2O2/c1-11-8-12(2)13(3)15(9-11)20-16(19)5-4-14-6-7-17-10-18-14/h4-10H,1-3H3. The summed E-state index contributed by atoms with van der Waals surface area (Å²) in [6.45, 7) is 5.91. The van der Waals surface area contributed by atoms with Crippen molar-refractivity contribution in [2.75, 3.05) is 0 Å². The van der Waals surface area contributed by atoms with Gasteiger partial charge in [-0.15, -0.1) is 0 Å². The second kappa shape index (κ2) is 6.10. The van der Waals surface area contributed by atoms with Crippen LogP contribution in [0.3, 0.4) is 0 Å². The van der Waals surface area contributed by atoms with Crippen LogP contribution in [0, 0.1) is 20.8 Å². The maximum Gasteiger partial charge on any atom is 0.336 e. The van der Waals surface area contributed by atoms with Gasteiger partial charge < -0.3 is 4.74 Å². The summed E-state index contributed by atoms with van der Waals surface area (Å²) in [4.78, 5) is 19.6. The second-order valence-corrected chi connectivity index (χ2v) is 4.59. The maximum atomic E-state index is 11.8. The molecule has 0 aliphatic heterocycles. The maximum absolute atomic E-state index is 11.8. The van der Waals surface area contributed by atoms with Crippen LogP contribution >= 0.6 is 0 Å². The topological polar surface area (TPSA) is 52.1 Å². The van der Waals surface area contributed by atoms with Gasteiger partial charge in [0.2, 0.25) is 0 Å². The Morgan fingerprint density at radius 2 is 2.05 bits per heavy atom. The highest BCUT2D eigenvalue weighted by Crippen LogP contribution is 2.23. The smallest absolute Gasteiger partial charge is 0.336 e. The Bertz CT molecular complexity index is 649. The Morgan fingerprint density at radius 1 is 1.25 bits per heavy atom. The van der Waals surface area contributed by atoms with E-state index in [0.717, 1.165) is 16.7 Å². The van der Waals surface area contributed by atoms with Crippen molar-refractivity contribution < 1.29 is 9.53 Å². The second-order valence-electron chi connectivity index (χ2n) is 4.59. The summed E-state index contributed by atoms with van der Waals surface area (Å²) in [5, 5.41) is 0. The lowest BCUT2D eigenvalue weighted by Crippen LogP contribution is -2.06. The number of carbonyl (C=O) groups is 1. The molecule has 0 atom stereocenters. The van der Waals surface area contributed by atoms with Crippen LogP contribution < -0.4 is 4.74 Å². The first-order valence-corrected chi connectivity index (χ1v) is 6.30. The molecule has 0 saturated carbocycles. The average molecular weight is 268 g/mol. The summed E-state index contributed by atoms with van der Waals surface area (Å²) < 4.78 is 5.36. The molecule has 0 aliphatic carbocycles. The predicted molar refractivity (Wildman–Crippen MR) is 77.4 cm³/mol. The minimum absolute atomic E-state index is 0.420. The van der Waals surface area contributed by atoms with E-state index in [1.807, 2.05) is 26.8 Å². The molecule has 0 aliphatic rings. The van der Waals surface area contributed by atoms with Crippen molar-refractivity contribution in [2.45, 2.75) is 20.8 Å². The van der Waals surface area contributed by atoms with Crippen molar-refractivity contribution >= 4 is 12.0 Å². The molecule has 1 aromatic carbocycles. The molecule has 4 nitrogen and oxygen atoms in total. The minimum atomic E-state index is -0.420. The van der Waals surface area contributed by atoms with Gasteiger partial charge in [0, 0.05) is 12.3 Å². The fourth-order valence-corrected chi connectivity index (χ4v) is 1.80. The lowest BCUT2D eigenvalue weighted by Gasteiger charge is -2.09. The Hall–Kier alpha value is -2.49. The number of rotatable bonds is 3. The molecule has 2 rings (SSSR count). The average Bonchev–Trinajstić information content (AvgIpc) is 2.43. The Kier molecular flexibility index (Phi) is 4.25. The van der Waals surface area contributed by atoms with E-state index in [2.05, 4.69) is 16.0 Å². The van der Waals surface area contributed by atoms with E-state index < -0.39 is 5.97 Å². The number of benzene rings is 1. The zero-order valence-electron chi connectivity index (χ0n) is 11.8. The molecule has 4 heteroatoms. The quantitative estimate of drug-likeness (QED) is 0.488. The molecule has 0 spiro atoms. The van der Waals surface area contributed by atoms with Crippen LogP contribution in [0.25, 0.3) is 6.08 Å². The van der Waals surface area contributed by atoms with Crippen molar-refractivity contribution in [3.63, 3.8) is 0 Å². The number of carbonyl (C=O) groups excluding carboxylic acids is 1. The fraction of sp³-hybridized carbons (Fsp3) is 0.188. The molecular formula is C16H16N2O2. The summed E-state index contributed by atoms with van der Waals surface area (Å²) in [5.41, 5.74) is 3.80. The van der Waals surface area contributed by atoms with E-state index in [9.17, 15) is 4.79 Å². The summed E-state index contributed by atoms with van der Waals surface area (Å²) in [6, 6.07) is 5.63. The Balaban J connectivity index is 2.11. The number of nitrogens with zero attached hydrogens (tertiary/aromatic N) is 2. The zero-order chi connectivity index (χ0) is 14.5. The molecule has 0 bridgehead atoms. The first-order valence-electron chi connectivity index (χ1n) is 6.30. The molecule has 20 heavy (non-hydrogen) atoms. The molecule has 0 fully saturated rings. The van der Waals surface area contributed by atoms with Crippen molar-refractivity contribution in [3.8, 4) is 5.75 Å². The normalized spacial score (nSPS) is 10.8. The van der Waals surface area contributed by atoms with Crippen LogP contribution in [-0.2, 0) is 4.79 Å². The number of ether oxygens (including phenoxy) is 1. The summed E-state index contributed by atoms with van der Waals surface area (Å²) in [7, 11) is 0. The molecule has 0 amide bonds. The number of aryl methyl sites for hydroxylation is 2. The van der Waals surface area contributed by atoms with Gasteiger partial charge in [-0.3, -0.25) is 0 Å². The van der Waals surface area contributed by atoms with Crippen LogP contribution in [0.1, 0.15) is 22.4 Å². The van der Waals surface area contributed by atoms with Gasteiger partial charge in [0.15, 0.2) is 0 Å². The SMILES string of the molecule is Cc1cc(C)c(C)c(OC(=O)C=Cc2ccncn2)c1. The number of aromatic nitrogens is 2. The molecule has 0 saturated heterocycles. The molecule has 1 heterocycles. The molecule has 0 radical (unpaired) electrons. The van der Waals surface area contributed by atoms with Gasteiger partial charge in [-0.25, -0.2) is 14.8 Å². The lowest BCUT2D eigenvalue weighted by atomic mass is 10.1. The Morgan fingerprint density at radius 3 is 2.75 bits per heavy atom. The van der Waals surface area contributed by atoms with Gasteiger partial charge in [-0.2, -0.15) is 0 Å². The monoisotopic (exact) mass is 268 g/mol. The third-order valence-corrected chi connectivity index (χ3v) is 2.97. The molecule has 1 aromatic heterocycles. The van der Waals surface area contributed by atoms with Crippen molar-refractivity contribution in [2.24, 2.45) is 0 Å². The first-order chi connectivity index (χ1) is 9.56. The third kappa shape index (κ3) is 3.51. The van der Waals surface area contributed by atoms with Gasteiger partial charge >= 0.3 is 5.97 Å². The van der Waals surface area contributed by atoms with Crippen molar-refractivity contribution in [1.29, 1.82) is 0 Å². The van der Waals surface area contributed by atoms with Crippen molar-refractivity contribution in [1.82, 2.24) is 9.97 Å². The molecule has 0 N–H and O–H groups in total. The highest BCUT2D eigenvalue weighted by molar-refractivity contribution is 5.88. The van der Waals surface area contributed by atoms with E-state index >= 15 is 0 Å². The van der Waals surface area contributed by atoms with E-state index in [0.29, 0.717) is 11.4 Å². The highest BCUT2D eigenvalue weighted by atomic mass is 16.5. The predicted octanol–water partition coefficient (Wildman–Crippen LogP) is 3.02. The Labute approximate surface area is 118 Å². The van der Waals surface area contributed by atoms with Crippen molar-refractivity contribution in [3.05, 3.63) is 59.2 Å². The van der Waals surface area contributed by atoms with Crippen LogP contribution in [-0.4, -0.2) is 15.9 Å². The number of hydrogen-bond acceptors (Lipinski definition) is 4. The highest BCUT2D eigenvalue weighted by Gasteiger charge is 2.07. The molecular weight excluding hydrogens is 252 g/mol. The molecule has 102 valence electrons. The lowest BCUT2D eigenvalue weighted by molar-refractivity contribution is -0.128. The van der Waals surface area contributed by atoms with E-state index in [1.165, 1.54) is 12.4 Å². The summed E-state index contributed by atoms with van der Waals surface area (Å²) >= 11 is 0. The van der Waals surface area contributed by atoms with Gasteiger partial charge in [-0.1, -0.05) is 6.07 Å².